The number of aryl methyl sites for hydroxylation is 1. The molecule has 0 saturated heterocycles. The summed E-state index contributed by atoms with van der Waals surface area (Å²) >= 11 is 0. The highest BCUT2D eigenvalue weighted by Gasteiger charge is 2.18. The van der Waals surface area contributed by atoms with Crippen LogP contribution in [-0.4, -0.2) is 38.2 Å². The Balaban J connectivity index is 2.29. The van der Waals surface area contributed by atoms with Crippen molar-refractivity contribution < 1.29 is 9.53 Å². The van der Waals surface area contributed by atoms with E-state index in [1.54, 1.807) is 6.92 Å². The van der Waals surface area contributed by atoms with E-state index in [-0.39, 0.29) is 23.4 Å². The number of nitrogens with zero attached hydrogens (tertiary/aromatic N) is 3. The lowest BCUT2D eigenvalue weighted by Gasteiger charge is -2.08. The second-order valence-electron chi connectivity index (χ2n) is 4.69. The van der Waals surface area contributed by atoms with Crippen LogP contribution in [0.5, 0.6) is 6.01 Å². The maximum absolute atomic E-state index is 12.1. The molecule has 0 bridgehead atoms. The van der Waals surface area contributed by atoms with Gasteiger partial charge in [-0.15, -0.1) is 5.10 Å². The first-order valence-corrected chi connectivity index (χ1v) is 6.31. The Labute approximate surface area is 120 Å². The van der Waals surface area contributed by atoms with Gasteiger partial charge in [-0.2, -0.15) is 4.98 Å². The topological polar surface area (TPSA) is 126 Å². The third-order valence-corrected chi connectivity index (χ3v) is 2.77. The highest BCUT2D eigenvalue weighted by atomic mass is 16.5. The van der Waals surface area contributed by atoms with Crippen LogP contribution in [0.15, 0.2) is 4.79 Å². The van der Waals surface area contributed by atoms with Crippen LogP contribution in [0.1, 0.15) is 41.6 Å². The van der Waals surface area contributed by atoms with Gasteiger partial charge in [0.2, 0.25) is 5.95 Å². The van der Waals surface area contributed by atoms with Crippen LogP contribution in [-0.2, 0) is 0 Å². The van der Waals surface area contributed by atoms with E-state index in [2.05, 4.69) is 30.5 Å². The van der Waals surface area contributed by atoms with E-state index >= 15 is 0 Å². The molecular formula is C12H16N6O3. The molecule has 112 valence electrons. The molecule has 0 atom stereocenters. The number of H-pyrrole nitrogens is 2. The highest BCUT2D eigenvalue weighted by molar-refractivity contribution is 6.03. The van der Waals surface area contributed by atoms with Crippen LogP contribution in [0, 0.1) is 6.92 Å². The Kier molecular flexibility index (Phi) is 4.01. The van der Waals surface area contributed by atoms with Crippen LogP contribution in [0.25, 0.3) is 0 Å². The number of carbonyl (C=O) groups excluding carboxylic acids is 1. The molecule has 2 aromatic heterocycles. The van der Waals surface area contributed by atoms with Crippen molar-refractivity contribution in [1.29, 1.82) is 0 Å². The number of aromatic nitrogens is 5. The van der Waals surface area contributed by atoms with Gasteiger partial charge in [0.15, 0.2) is 0 Å². The van der Waals surface area contributed by atoms with Gasteiger partial charge < -0.3 is 9.72 Å². The third-order valence-electron chi connectivity index (χ3n) is 2.77. The van der Waals surface area contributed by atoms with Crippen molar-refractivity contribution in [1.82, 2.24) is 25.1 Å². The van der Waals surface area contributed by atoms with Crippen molar-refractivity contribution in [3.8, 4) is 6.01 Å². The van der Waals surface area contributed by atoms with E-state index in [1.165, 1.54) is 7.11 Å². The molecule has 2 aromatic rings. The Hall–Kier alpha value is -2.71. The minimum Gasteiger partial charge on any atom is -0.466 e. The summed E-state index contributed by atoms with van der Waals surface area (Å²) in [6, 6.07) is 0.0872. The monoisotopic (exact) mass is 292 g/mol. The van der Waals surface area contributed by atoms with Crippen molar-refractivity contribution >= 4 is 11.9 Å². The van der Waals surface area contributed by atoms with Gasteiger partial charge in [-0.1, -0.05) is 13.8 Å². The molecule has 0 aromatic carbocycles. The molecule has 0 aliphatic heterocycles. The molecule has 2 heterocycles. The summed E-state index contributed by atoms with van der Waals surface area (Å²) < 4.78 is 4.79. The van der Waals surface area contributed by atoms with Crippen LogP contribution in [0.2, 0.25) is 0 Å². The zero-order valence-corrected chi connectivity index (χ0v) is 12.1. The van der Waals surface area contributed by atoms with E-state index in [0.29, 0.717) is 11.5 Å². The summed E-state index contributed by atoms with van der Waals surface area (Å²) in [5.41, 5.74) is -0.198. The highest BCUT2D eigenvalue weighted by Crippen LogP contribution is 2.10. The second kappa shape index (κ2) is 5.73. The fourth-order valence-electron chi connectivity index (χ4n) is 1.71. The van der Waals surface area contributed by atoms with Crippen LogP contribution in [0.4, 0.5) is 5.95 Å². The first-order valence-electron chi connectivity index (χ1n) is 6.31. The van der Waals surface area contributed by atoms with Gasteiger partial charge in [-0.25, -0.2) is 10.1 Å². The lowest BCUT2D eigenvalue weighted by Crippen LogP contribution is -2.27. The van der Waals surface area contributed by atoms with Crippen LogP contribution < -0.4 is 15.6 Å². The lowest BCUT2D eigenvalue weighted by atomic mass is 10.1. The number of aromatic amines is 2. The standard InChI is InChI=1S/C12H16N6O3/c1-5(2)8-13-6(3)7(9(19)14-8)10(20)15-11-16-12(21-4)18-17-11/h5H,1-4H3,(H,13,14,19)(H2,15,16,17,18,20). The molecule has 0 spiro atoms. The molecule has 3 N–H and O–H groups in total. The fraction of sp³-hybridized carbons (Fsp3) is 0.417. The maximum Gasteiger partial charge on any atom is 0.336 e. The summed E-state index contributed by atoms with van der Waals surface area (Å²) in [7, 11) is 1.40. The summed E-state index contributed by atoms with van der Waals surface area (Å²) in [4.78, 5) is 34.8. The Morgan fingerprint density at radius 2 is 2.05 bits per heavy atom. The number of nitrogens with one attached hydrogen (secondary N) is 3. The van der Waals surface area contributed by atoms with E-state index in [4.69, 9.17) is 4.74 Å². The van der Waals surface area contributed by atoms with Gasteiger partial charge >= 0.3 is 6.01 Å². The average Bonchev–Trinajstić information content (AvgIpc) is 2.85. The number of hydrogen-bond donors (Lipinski definition) is 3. The number of anilines is 1. The third kappa shape index (κ3) is 3.07. The molecule has 0 saturated carbocycles. The molecule has 2 rings (SSSR count). The number of ether oxygens (including phenoxy) is 1. The minimum absolute atomic E-state index is 0.0604. The smallest absolute Gasteiger partial charge is 0.336 e. The summed E-state index contributed by atoms with van der Waals surface area (Å²) in [6.07, 6.45) is 0. The molecule has 0 aliphatic carbocycles. The second-order valence-corrected chi connectivity index (χ2v) is 4.69. The fourth-order valence-corrected chi connectivity index (χ4v) is 1.71. The number of rotatable bonds is 4. The van der Waals surface area contributed by atoms with E-state index in [0.717, 1.165) is 0 Å². The van der Waals surface area contributed by atoms with E-state index < -0.39 is 11.5 Å². The van der Waals surface area contributed by atoms with Gasteiger partial charge in [0.25, 0.3) is 11.5 Å². The Morgan fingerprint density at radius 3 is 2.57 bits per heavy atom. The first-order chi connectivity index (χ1) is 9.92. The van der Waals surface area contributed by atoms with Gasteiger partial charge in [-0.05, 0) is 6.92 Å². The first kappa shape index (κ1) is 14.7. The number of amides is 1. The van der Waals surface area contributed by atoms with Crippen molar-refractivity contribution in [2.24, 2.45) is 0 Å². The summed E-state index contributed by atoms with van der Waals surface area (Å²) in [6.45, 7) is 5.41. The molecule has 0 aliphatic rings. The average molecular weight is 292 g/mol. The zero-order valence-electron chi connectivity index (χ0n) is 12.1. The largest absolute Gasteiger partial charge is 0.466 e. The van der Waals surface area contributed by atoms with Crippen LogP contribution in [0.3, 0.4) is 0 Å². The SMILES string of the molecule is COc1n[nH]c(NC(=O)c2c(C)nc(C(C)C)[nH]c2=O)n1. The zero-order chi connectivity index (χ0) is 15.6. The minimum atomic E-state index is -0.615. The van der Waals surface area contributed by atoms with Crippen molar-refractivity contribution in [3.63, 3.8) is 0 Å². The molecule has 0 fully saturated rings. The Morgan fingerprint density at radius 1 is 1.33 bits per heavy atom. The van der Waals surface area contributed by atoms with Crippen molar-refractivity contribution in [2.45, 2.75) is 26.7 Å². The van der Waals surface area contributed by atoms with E-state index in [1.807, 2.05) is 13.8 Å². The predicted molar refractivity (Wildman–Crippen MR) is 74.6 cm³/mol. The summed E-state index contributed by atoms with van der Waals surface area (Å²) in [5.74, 6) is 0.0707. The van der Waals surface area contributed by atoms with Gasteiger partial charge in [0, 0.05) is 5.92 Å². The molecule has 21 heavy (non-hydrogen) atoms. The Bertz CT molecular complexity index is 718. The van der Waals surface area contributed by atoms with Gasteiger partial charge in [-0.3, -0.25) is 14.9 Å². The lowest BCUT2D eigenvalue weighted by molar-refractivity contribution is 0.102. The van der Waals surface area contributed by atoms with Crippen molar-refractivity contribution in [3.05, 3.63) is 27.4 Å². The number of carbonyl (C=O) groups is 1. The molecule has 9 nitrogen and oxygen atoms in total. The molecule has 9 heteroatoms. The van der Waals surface area contributed by atoms with Gasteiger partial charge in [0.05, 0.1) is 12.8 Å². The predicted octanol–water partition coefficient (Wildman–Crippen LogP) is 0.581. The van der Waals surface area contributed by atoms with Gasteiger partial charge in [0.1, 0.15) is 11.4 Å². The summed E-state index contributed by atoms with van der Waals surface area (Å²) in [5, 5.41) is 8.60. The number of methoxy groups -OCH3 is 1. The molecular weight excluding hydrogens is 276 g/mol. The molecule has 1 amide bonds. The maximum atomic E-state index is 12.1. The molecule has 0 unspecified atom stereocenters. The normalized spacial score (nSPS) is 10.7. The number of hydrogen-bond acceptors (Lipinski definition) is 6. The molecule has 0 radical (unpaired) electrons. The van der Waals surface area contributed by atoms with E-state index in [9.17, 15) is 9.59 Å². The van der Waals surface area contributed by atoms with Crippen LogP contribution >= 0.6 is 0 Å². The quantitative estimate of drug-likeness (QED) is 0.756. The van der Waals surface area contributed by atoms with Crippen molar-refractivity contribution in [2.75, 3.05) is 12.4 Å².